The van der Waals surface area contributed by atoms with Gasteiger partial charge in [0.05, 0.1) is 0 Å². The SMILES string of the molecule is Cc1c(CN2CCN(C(=O)OCC3c4ccccc4-c4ccccc43)CC2)cc(OS(=O)(=O)F)c(C)c1N. The molecule has 38 heavy (non-hydrogen) atoms. The molecule has 0 aromatic heterocycles. The standard InChI is InChI=1S/C28H30FN3O5S/c1-18-20(15-26(19(2)27(18)30)37-38(29,34)35)16-31-11-13-32(14-12-31)28(33)36-17-25-23-9-5-3-7-21(23)22-8-4-6-10-24(22)25/h3-10,15,25H,11-14,16-17,30H2,1-2H3. The van der Waals surface area contributed by atoms with Crippen molar-refractivity contribution < 1.29 is 26.0 Å². The molecule has 3 aromatic carbocycles. The molecule has 5 rings (SSSR count). The molecule has 1 heterocycles. The molecule has 1 fully saturated rings. The average Bonchev–Trinajstić information content (AvgIpc) is 3.22. The highest BCUT2D eigenvalue weighted by Crippen LogP contribution is 2.44. The Kier molecular flexibility index (Phi) is 7.02. The highest BCUT2D eigenvalue weighted by molar-refractivity contribution is 7.81. The molecule has 3 aromatic rings. The fourth-order valence-electron chi connectivity index (χ4n) is 5.33. The van der Waals surface area contributed by atoms with Crippen LogP contribution in [0.5, 0.6) is 5.75 Å². The Labute approximate surface area is 222 Å². The van der Waals surface area contributed by atoms with E-state index in [-0.39, 0.29) is 24.4 Å². The van der Waals surface area contributed by atoms with E-state index in [0.29, 0.717) is 44.0 Å². The van der Waals surface area contributed by atoms with Gasteiger partial charge in [-0.25, -0.2) is 4.79 Å². The van der Waals surface area contributed by atoms with Crippen molar-refractivity contribution in [3.05, 3.63) is 82.4 Å². The van der Waals surface area contributed by atoms with Crippen LogP contribution in [0.1, 0.15) is 33.7 Å². The first-order valence-corrected chi connectivity index (χ1v) is 13.8. The van der Waals surface area contributed by atoms with Gasteiger partial charge in [0.25, 0.3) is 0 Å². The third-order valence-corrected chi connectivity index (χ3v) is 7.89. The zero-order chi connectivity index (χ0) is 27.0. The molecule has 0 atom stereocenters. The van der Waals surface area contributed by atoms with Crippen LogP contribution in [0, 0.1) is 13.8 Å². The molecule has 1 aliphatic heterocycles. The molecule has 200 valence electrons. The van der Waals surface area contributed by atoms with E-state index in [2.05, 4.69) is 33.3 Å². The van der Waals surface area contributed by atoms with Gasteiger partial charge in [0.1, 0.15) is 6.61 Å². The van der Waals surface area contributed by atoms with Gasteiger partial charge in [-0.2, -0.15) is 8.42 Å². The van der Waals surface area contributed by atoms with Crippen molar-refractivity contribution in [3.8, 4) is 16.9 Å². The van der Waals surface area contributed by atoms with E-state index >= 15 is 0 Å². The molecule has 0 unspecified atom stereocenters. The van der Waals surface area contributed by atoms with Crippen molar-refractivity contribution >= 4 is 22.3 Å². The number of hydrogen-bond acceptors (Lipinski definition) is 7. The Hall–Kier alpha value is -3.63. The summed E-state index contributed by atoms with van der Waals surface area (Å²) >= 11 is 0. The smallest absolute Gasteiger partial charge is 0.448 e. The fraction of sp³-hybridized carbons (Fsp3) is 0.321. The number of halogens is 1. The lowest BCUT2D eigenvalue weighted by molar-refractivity contribution is 0.0728. The van der Waals surface area contributed by atoms with E-state index < -0.39 is 10.5 Å². The Bertz CT molecular complexity index is 1440. The number of piperazine rings is 1. The quantitative estimate of drug-likeness (QED) is 0.362. The van der Waals surface area contributed by atoms with E-state index in [0.717, 1.165) is 11.1 Å². The van der Waals surface area contributed by atoms with Crippen LogP contribution < -0.4 is 9.92 Å². The third-order valence-electron chi connectivity index (χ3n) is 7.51. The molecule has 1 saturated heterocycles. The van der Waals surface area contributed by atoms with Gasteiger partial charge in [-0.05, 0) is 53.3 Å². The van der Waals surface area contributed by atoms with Crippen molar-refractivity contribution in [1.29, 1.82) is 0 Å². The van der Waals surface area contributed by atoms with Crippen molar-refractivity contribution in [1.82, 2.24) is 9.80 Å². The normalized spacial score (nSPS) is 15.7. The Morgan fingerprint density at radius 3 is 2.13 bits per heavy atom. The number of fused-ring (bicyclic) bond motifs is 3. The molecule has 1 aliphatic carbocycles. The predicted molar refractivity (Wildman–Crippen MR) is 143 cm³/mol. The van der Waals surface area contributed by atoms with Crippen molar-refractivity contribution in [2.75, 3.05) is 38.5 Å². The molecular formula is C28H30FN3O5S. The number of hydrogen-bond donors (Lipinski definition) is 1. The van der Waals surface area contributed by atoms with Gasteiger partial charge < -0.3 is 19.6 Å². The van der Waals surface area contributed by atoms with Crippen LogP contribution in [-0.2, 0) is 21.8 Å². The highest BCUT2D eigenvalue weighted by atomic mass is 32.3. The summed E-state index contributed by atoms with van der Waals surface area (Å²) in [5, 5.41) is 0. The Morgan fingerprint density at radius 1 is 0.974 bits per heavy atom. The minimum Gasteiger partial charge on any atom is -0.448 e. The molecule has 2 N–H and O–H groups in total. The van der Waals surface area contributed by atoms with Crippen LogP contribution in [0.2, 0.25) is 0 Å². The first kappa shape index (κ1) is 26.0. The summed E-state index contributed by atoms with van der Waals surface area (Å²) in [6.07, 6.45) is -0.342. The van der Waals surface area contributed by atoms with Gasteiger partial charge in [-0.3, -0.25) is 4.90 Å². The lowest BCUT2D eigenvalue weighted by Gasteiger charge is -2.34. The monoisotopic (exact) mass is 539 g/mol. The predicted octanol–water partition coefficient (Wildman–Crippen LogP) is 4.55. The van der Waals surface area contributed by atoms with Gasteiger partial charge in [-0.1, -0.05) is 52.4 Å². The second-order valence-electron chi connectivity index (χ2n) is 9.74. The number of carbonyl (C=O) groups is 1. The summed E-state index contributed by atoms with van der Waals surface area (Å²) in [4.78, 5) is 16.7. The minimum atomic E-state index is -5.17. The van der Waals surface area contributed by atoms with Crippen LogP contribution in [-0.4, -0.2) is 57.1 Å². The first-order valence-electron chi connectivity index (χ1n) is 12.5. The van der Waals surface area contributed by atoms with Crippen molar-refractivity contribution in [2.45, 2.75) is 26.3 Å². The molecule has 1 amide bonds. The van der Waals surface area contributed by atoms with Crippen molar-refractivity contribution in [3.63, 3.8) is 0 Å². The lowest BCUT2D eigenvalue weighted by atomic mass is 9.98. The summed E-state index contributed by atoms with van der Waals surface area (Å²) < 4.78 is 45.5. The van der Waals surface area contributed by atoms with Crippen LogP contribution >= 0.6 is 0 Å². The fourth-order valence-corrected chi connectivity index (χ4v) is 5.72. The minimum absolute atomic E-state index is 0.00663. The zero-order valence-electron chi connectivity index (χ0n) is 21.3. The van der Waals surface area contributed by atoms with Gasteiger partial charge in [0, 0.05) is 49.9 Å². The maximum atomic E-state index is 13.2. The van der Waals surface area contributed by atoms with Crippen LogP contribution in [0.3, 0.4) is 0 Å². The first-order chi connectivity index (χ1) is 18.1. The molecule has 0 saturated carbocycles. The maximum Gasteiger partial charge on any atom is 0.488 e. The number of carbonyl (C=O) groups excluding carboxylic acids is 1. The van der Waals surface area contributed by atoms with E-state index in [1.54, 1.807) is 11.8 Å². The number of rotatable bonds is 6. The summed E-state index contributed by atoms with van der Waals surface area (Å²) in [5.74, 6) is -0.116. The second kappa shape index (κ2) is 10.3. The number of nitrogens with two attached hydrogens (primary N) is 1. The van der Waals surface area contributed by atoms with E-state index in [1.165, 1.54) is 28.3 Å². The topological polar surface area (TPSA) is 102 Å². The van der Waals surface area contributed by atoms with Gasteiger partial charge in [-0.15, -0.1) is 0 Å². The Morgan fingerprint density at radius 2 is 1.55 bits per heavy atom. The molecule has 10 heteroatoms. The number of anilines is 1. The molecule has 0 radical (unpaired) electrons. The average molecular weight is 540 g/mol. The van der Waals surface area contributed by atoms with Gasteiger partial charge >= 0.3 is 16.6 Å². The van der Waals surface area contributed by atoms with Crippen molar-refractivity contribution in [2.24, 2.45) is 0 Å². The molecule has 0 spiro atoms. The molecule has 8 nitrogen and oxygen atoms in total. The second-order valence-corrected chi connectivity index (χ2v) is 10.7. The summed E-state index contributed by atoms with van der Waals surface area (Å²) in [5.41, 5.74) is 13.1. The third kappa shape index (κ3) is 5.19. The summed E-state index contributed by atoms with van der Waals surface area (Å²) in [6.45, 7) is 6.30. The number of benzene rings is 3. The summed E-state index contributed by atoms with van der Waals surface area (Å²) in [7, 11) is -5.17. The number of nitrogen functional groups attached to an aromatic ring is 1. The van der Waals surface area contributed by atoms with E-state index in [1.807, 2.05) is 31.2 Å². The molecular weight excluding hydrogens is 509 g/mol. The van der Waals surface area contributed by atoms with Crippen LogP contribution in [0.15, 0.2) is 54.6 Å². The summed E-state index contributed by atoms with van der Waals surface area (Å²) in [6, 6.07) is 17.9. The highest BCUT2D eigenvalue weighted by Gasteiger charge is 2.30. The zero-order valence-corrected chi connectivity index (χ0v) is 22.1. The van der Waals surface area contributed by atoms with E-state index in [4.69, 9.17) is 10.5 Å². The lowest BCUT2D eigenvalue weighted by Crippen LogP contribution is -2.48. The van der Waals surface area contributed by atoms with Crippen LogP contribution in [0.4, 0.5) is 14.4 Å². The largest absolute Gasteiger partial charge is 0.488 e. The van der Waals surface area contributed by atoms with Crippen LogP contribution in [0.25, 0.3) is 11.1 Å². The molecule has 2 aliphatic rings. The van der Waals surface area contributed by atoms with E-state index in [9.17, 15) is 17.1 Å². The van der Waals surface area contributed by atoms with Gasteiger partial charge in [0.15, 0.2) is 5.75 Å². The maximum absolute atomic E-state index is 13.2. The Balaban J connectivity index is 1.19. The number of amides is 1. The molecule has 0 bridgehead atoms. The number of nitrogens with zero attached hydrogens (tertiary/aromatic N) is 2. The number of ether oxygens (including phenoxy) is 1. The van der Waals surface area contributed by atoms with Gasteiger partial charge in [0.2, 0.25) is 0 Å².